The first-order valence-electron chi connectivity index (χ1n) is 10.2. The van der Waals surface area contributed by atoms with Crippen LogP contribution in [0.5, 0.6) is 5.75 Å². The third kappa shape index (κ3) is 4.22. The minimum absolute atomic E-state index is 0.141. The van der Waals surface area contributed by atoms with Gasteiger partial charge in [0.05, 0.1) is 0 Å². The van der Waals surface area contributed by atoms with Crippen molar-refractivity contribution in [2.45, 2.75) is 13.5 Å². The minimum atomic E-state index is -0.141. The molecule has 0 saturated carbocycles. The summed E-state index contributed by atoms with van der Waals surface area (Å²) in [5, 5.41) is 12.6. The molecule has 0 amide bonds. The van der Waals surface area contributed by atoms with Crippen LogP contribution >= 0.6 is 0 Å². The maximum atomic E-state index is 11.9. The van der Waals surface area contributed by atoms with Crippen molar-refractivity contribution in [2.75, 3.05) is 5.32 Å². The number of aromatic amines is 2. The van der Waals surface area contributed by atoms with Crippen molar-refractivity contribution in [3.8, 4) is 17.1 Å². The van der Waals surface area contributed by atoms with Crippen LogP contribution in [0.4, 0.5) is 11.6 Å². The fourth-order valence-corrected chi connectivity index (χ4v) is 3.57. The van der Waals surface area contributed by atoms with Crippen LogP contribution in [0.25, 0.3) is 22.3 Å². The number of rotatable bonds is 6. The maximum Gasteiger partial charge on any atom is 0.248 e. The third-order valence-electron chi connectivity index (χ3n) is 5.13. The molecule has 0 saturated heterocycles. The van der Waals surface area contributed by atoms with Gasteiger partial charge in [0.2, 0.25) is 11.5 Å². The van der Waals surface area contributed by atoms with Crippen molar-refractivity contribution in [1.82, 2.24) is 20.2 Å². The van der Waals surface area contributed by atoms with Crippen LogP contribution in [-0.2, 0) is 6.61 Å². The zero-order valence-corrected chi connectivity index (χ0v) is 17.4. The summed E-state index contributed by atoms with van der Waals surface area (Å²) in [5.41, 5.74) is 4.51. The molecule has 0 fully saturated rings. The maximum absolute atomic E-state index is 11.9. The summed E-state index contributed by atoms with van der Waals surface area (Å²) in [6.45, 7) is 2.34. The Hall–Kier alpha value is -4.39. The average molecular weight is 423 g/mol. The molecule has 0 aliphatic heterocycles. The monoisotopic (exact) mass is 423 g/mol. The Bertz CT molecular complexity index is 1440. The summed E-state index contributed by atoms with van der Waals surface area (Å²) in [5.74, 6) is 1.94. The molecule has 0 atom stereocenters. The molecule has 5 aromatic rings. The van der Waals surface area contributed by atoms with E-state index < -0.39 is 0 Å². The van der Waals surface area contributed by atoms with Crippen molar-refractivity contribution in [3.63, 3.8) is 0 Å². The van der Waals surface area contributed by atoms with Gasteiger partial charge in [0.15, 0.2) is 5.82 Å². The molecule has 5 rings (SSSR count). The first-order chi connectivity index (χ1) is 15.6. The highest BCUT2D eigenvalue weighted by atomic mass is 16.5. The van der Waals surface area contributed by atoms with E-state index in [1.807, 2.05) is 79.7 Å². The van der Waals surface area contributed by atoms with Crippen LogP contribution in [0.15, 0.2) is 83.7 Å². The molecular formula is C25H21N5O2. The summed E-state index contributed by atoms with van der Waals surface area (Å²) >= 11 is 0. The number of ether oxygens (including phenoxy) is 1. The first kappa shape index (κ1) is 19.6. The van der Waals surface area contributed by atoms with Crippen LogP contribution in [0, 0.1) is 6.92 Å². The van der Waals surface area contributed by atoms with Gasteiger partial charge in [-0.2, -0.15) is 0 Å². The number of fused-ring (bicyclic) bond motifs is 1. The Kier molecular flexibility index (Phi) is 5.13. The molecule has 158 valence electrons. The van der Waals surface area contributed by atoms with Gasteiger partial charge >= 0.3 is 0 Å². The molecule has 32 heavy (non-hydrogen) atoms. The van der Waals surface area contributed by atoms with Gasteiger partial charge < -0.3 is 20.0 Å². The number of H-pyrrole nitrogens is 2. The zero-order valence-electron chi connectivity index (χ0n) is 17.4. The van der Waals surface area contributed by atoms with E-state index in [4.69, 9.17) is 4.74 Å². The highest BCUT2D eigenvalue weighted by molar-refractivity contribution is 5.81. The van der Waals surface area contributed by atoms with Crippen LogP contribution < -0.4 is 15.6 Å². The van der Waals surface area contributed by atoms with Crippen LogP contribution in [-0.4, -0.2) is 20.2 Å². The fourth-order valence-electron chi connectivity index (χ4n) is 3.57. The summed E-state index contributed by atoms with van der Waals surface area (Å²) in [6, 6.07) is 24.9. The second kappa shape index (κ2) is 8.39. The molecule has 2 heterocycles. The van der Waals surface area contributed by atoms with Gasteiger partial charge in [-0.25, -0.2) is 0 Å². The largest absolute Gasteiger partial charge is 0.489 e. The predicted molar refractivity (Wildman–Crippen MR) is 125 cm³/mol. The van der Waals surface area contributed by atoms with Crippen molar-refractivity contribution < 1.29 is 4.74 Å². The molecule has 0 unspecified atom stereocenters. The lowest BCUT2D eigenvalue weighted by Crippen LogP contribution is -2.08. The molecule has 3 aromatic carbocycles. The number of hydrogen-bond donors (Lipinski definition) is 3. The van der Waals surface area contributed by atoms with E-state index in [0.717, 1.165) is 27.7 Å². The van der Waals surface area contributed by atoms with E-state index >= 15 is 0 Å². The van der Waals surface area contributed by atoms with Crippen molar-refractivity contribution in [1.29, 1.82) is 0 Å². The summed E-state index contributed by atoms with van der Waals surface area (Å²) in [6.07, 6.45) is 0. The number of pyridine rings is 1. The van der Waals surface area contributed by atoms with Gasteiger partial charge in [-0.1, -0.05) is 30.3 Å². The molecule has 0 aliphatic rings. The quantitative estimate of drug-likeness (QED) is 0.359. The van der Waals surface area contributed by atoms with E-state index in [0.29, 0.717) is 24.1 Å². The molecular weight excluding hydrogens is 402 g/mol. The number of nitrogens with zero attached hydrogens (tertiary/aromatic N) is 2. The molecule has 7 nitrogen and oxygen atoms in total. The topological polar surface area (TPSA) is 95.7 Å². The second-order valence-corrected chi connectivity index (χ2v) is 7.53. The van der Waals surface area contributed by atoms with Crippen molar-refractivity contribution in [3.05, 3.63) is 100 Å². The number of hydrogen-bond acceptors (Lipinski definition) is 5. The number of aromatic nitrogens is 4. The Morgan fingerprint density at radius 2 is 1.75 bits per heavy atom. The molecule has 7 heteroatoms. The summed E-state index contributed by atoms with van der Waals surface area (Å²) < 4.78 is 5.93. The molecule has 0 radical (unpaired) electrons. The van der Waals surface area contributed by atoms with Gasteiger partial charge in [-0.15, -0.1) is 10.2 Å². The zero-order chi connectivity index (χ0) is 21.9. The lowest BCUT2D eigenvalue weighted by Gasteiger charge is -2.09. The highest BCUT2D eigenvalue weighted by Gasteiger charge is 2.08. The lowest BCUT2D eigenvalue weighted by atomic mass is 10.1. The van der Waals surface area contributed by atoms with Crippen molar-refractivity contribution >= 4 is 22.5 Å². The third-order valence-corrected chi connectivity index (χ3v) is 5.13. The second-order valence-electron chi connectivity index (χ2n) is 7.53. The Balaban J connectivity index is 1.28. The number of benzene rings is 3. The van der Waals surface area contributed by atoms with E-state index in [-0.39, 0.29) is 5.56 Å². The van der Waals surface area contributed by atoms with Gasteiger partial charge in [-0.3, -0.25) is 4.79 Å². The number of aryl methyl sites for hydroxylation is 1. The van der Waals surface area contributed by atoms with Crippen LogP contribution in [0.3, 0.4) is 0 Å². The highest BCUT2D eigenvalue weighted by Crippen LogP contribution is 2.23. The molecule has 2 aromatic heterocycles. The van der Waals surface area contributed by atoms with E-state index in [1.165, 1.54) is 5.56 Å². The first-order valence-corrected chi connectivity index (χ1v) is 10.2. The smallest absolute Gasteiger partial charge is 0.248 e. The van der Waals surface area contributed by atoms with Crippen LogP contribution in [0.2, 0.25) is 0 Å². The van der Waals surface area contributed by atoms with Gasteiger partial charge in [0.25, 0.3) is 0 Å². The number of anilines is 2. The average Bonchev–Trinajstić information content (AvgIpc) is 3.26. The predicted octanol–water partition coefficient (Wildman–Crippen LogP) is 4.94. The molecule has 0 bridgehead atoms. The number of nitrogens with one attached hydrogen (secondary N) is 3. The normalized spacial score (nSPS) is 10.9. The van der Waals surface area contributed by atoms with E-state index in [9.17, 15) is 4.79 Å². The Morgan fingerprint density at radius 3 is 2.59 bits per heavy atom. The minimum Gasteiger partial charge on any atom is -0.489 e. The summed E-state index contributed by atoms with van der Waals surface area (Å²) in [7, 11) is 0. The Labute approximate surface area is 184 Å². The molecule has 0 spiro atoms. The Morgan fingerprint density at radius 1 is 0.906 bits per heavy atom. The van der Waals surface area contributed by atoms with E-state index in [1.54, 1.807) is 6.07 Å². The van der Waals surface area contributed by atoms with E-state index in [2.05, 4.69) is 25.5 Å². The standard InChI is InChI=1S/C25H21N5O2/c1-16-5-4-6-19(13-16)26-25-28-24(29-30-25)17-9-11-20(12-10-17)32-15-18-14-23(31)27-22-8-3-2-7-21(18)22/h2-14H,15H2,1H3,(H,27,31)(H2,26,28,29,30). The lowest BCUT2D eigenvalue weighted by molar-refractivity contribution is 0.307. The summed E-state index contributed by atoms with van der Waals surface area (Å²) in [4.78, 5) is 17.9. The number of para-hydroxylation sites is 1. The van der Waals surface area contributed by atoms with Gasteiger partial charge in [0.1, 0.15) is 12.4 Å². The molecule has 3 N–H and O–H groups in total. The SMILES string of the molecule is Cc1cccc(Nc2nnc(-c3ccc(OCc4cc(=O)[nH]c5ccccc45)cc3)[nH]2)c1. The van der Waals surface area contributed by atoms with Crippen LogP contribution in [0.1, 0.15) is 11.1 Å². The fraction of sp³-hybridized carbons (Fsp3) is 0.0800. The molecule has 0 aliphatic carbocycles. The van der Waals surface area contributed by atoms with Gasteiger partial charge in [-0.05, 0) is 55.0 Å². The van der Waals surface area contributed by atoms with Crippen molar-refractivity contribution in [2.24, 2.45) is 0 Å². The van der Waals surface area contributed by atoms with Gasteiger partial charge in [0, 0.05) is 33.8 Å².